The number of nitro benzene ring substituents is 1. The van der Waals surface area contributed by atoms with E-state index in [2.05, 4.69) is 20.8 Å². The van der Waals surface area contributed by atoms with E-state index in [9.17, 15) is 24.1 Å². The van der Waals surface area contributed by atoms with Crippen molar-refractivity contribution in [1.29, 1.82) is 0 Å². The van der Waals surface area contributed by atoms with Crippen molar-refractivity contribution in [3.63, 3.8) is 0 Å². The Kier molecular flexibility index (Phi) is 6.92. The third kappa shape index (κ3) is 5.49. The maximum Gasteiger partial charge on any atom is 0.288 e. The summed E-state index contributed by atoms with van der Waals surface area (Å²) < 4.78 is 13.9. The van der Waals surface area contributed by atoms with E-state index in [0.717, 1.165) is 29.2 Å². The lowest BCUT2D eigenvalue weighted by Crippen LogP contribution is -2.14. The molecule has 0 aliphatic rings. The number of para-hydroxylation sites is 1. The summed E-state index contributed by atoms with van der Waals surface area (Å²) in [6.45, 7) is 0. The van der Waals surface area contributed by atoms with Gasteiger partial charge >= 0.3 is 0 Å². The number of nitrogens with one attached hydrogen (secondary N) is 2. The molecule has 0 bridgehead atoms. The maximum absolute atomic E-state index is 13.5. The molecule has 0 saturated carbocycles. The van der Waals surface area contributed by atoms with Gasteiger partial charge in [0.15, 0.2) is 4.34 Å². The van der Waals surface area contributed by atoms with Crippen molar-refractivity contribution in [2.75, 3.05) is 16.4 Å². The molecule has 30 heavy (non-hydrogen) atoms. The van der Waals surface area contributed by atoms with Crippen molar-refractivity contribution in [3.05, 3.63) is 69.0 Å². The lowest BCUT2D eigenvalue weighted by atomic mass is 10.2. The second-order valence-electron chi connectivity index (χ2n) is 5.57. The number of nitro groups is 1. The number of halogens is 2. The van der Waals surface area contributed by atoms with Gasteiger partial charge in [-0.1, -0.05) is 46.8 Å². The zero-order valence-corrected chi connectivity index (χ0v) is 17.2. The van der Waals surface area contributed by atoms with Crippen LogP contribution in [0.15, 0.2) is 46.8 Å². The molecule has 0 aliphatic carbocycles. The average Bonchev–Trinajstić information content (AvgIpc) is 3.15. The Balaban J connectivity index is 1.57. The summed E-state index contributed by atoms with van der Waals surface area (Å²) in [6, 6.07) is 9.44. The highest BCUT2D eigenvalue weighted by molar-refractivity contribution is 8.01. The van der Waals surface area contributed by atoms with E-state index >= 15 is 0 Å². The van der Waals surface area contributed by atoms with Crippen molar-refractivity contribution in [2.45, 2.75) is 4.34 Å². The van der Waals surface area contributed by atoms with Gasteiger partial charge in [-0.2, -0.15) is 0 Å². The molecule has 3 rings (SSSR count). The third-order valence-electron chi connectivity index (χ3n) is 3.51. The number of nitrogens with zero attached hydrogens (tertiary/aromatic N) is 3. The number of thioether (sulfide) groups is 1. The Labute approximate surface area is 181 Å². The lowest BCUT2D eigenvalue weighted by molar-refractivity contribution is -0.384. The van der Waals surface area contributed by atoms with Crippen LogP contribution in [0.4, 0.5) is 20.9 Å². The van der Waals surface area contributed by atoms with Crippen molar-refractivity contribution in [2.24, 2.45) is 0 Å². The Hall–Kier alpha value is -3.09. The zero-order chi connectivity index (χ0) is 21.7. The fourth-order valence-corrected chi connectivity index (χ4v) is 3.89. The molecule has 2 amide bonds. The highest BCUT2D eigenvalue weighted by Crippen LogP contribution is 2.28. The van der Waals surface area contributed by atoms with Crippen LogP contribution in [-0.2, 0) is 4.79 Å². The number of carbonyl (C=O) groups is 2. The van der Waals surface area contributed by atoms with Crippen LogP contribution >= 0.6 is 34.7 Å². The molecule has 2 N–H and O–H groups in total. The smallest absolute Gasteiger partial charge is 0.288 e. The molecule has 0 unspecified atom stereocenters. The Morgan fingerprint density at radius 2 is 1.97 bits per heavy atom. The topological polar surface area (TPSA) is 127 Å². The summed E-state index contributed by atoms with van der Waals surface area (Å²) in [4.78, 5) is 34.5. The van der Waals surface area contributed by atoms with Gasteiger partial charge < -0.3 is 5.32 Å². The predicted octanol–water partition coefficient (Wildman–Crippen LogP) is 4.22. The molecule has 0 saturated heterocycles. The minimum absolute atomic E-state index is 0.0276. The highest BCUT2D eigenvalue weighted by atomic mass is 35.5. The summed E-state index contributed by atoms with van der Waals surface area (Å²) in [7, 11) is 0. The van der Waals surface area contributed by atoms with Crippen LogP contribution in [0.25, 0.3) is 0 Å². The van der Waals surface area contributed by atoms with Gasteiger partial charge in [0.1, 0.15) is 10.8 Å². The molecule has 0 aliphatic heterocycles. The molecule has 154 valence electrons. The fraction of sp³-hybridized carbons (Fsp3) is 0.0588. The number of benzene rings is 2. The van der Waals surface area contributed by atoms with Crippen LogP contribution in [0.2, 0.25) is 5.02 Å². The molecule has 9 nitrogen and oxygen atoms in total. The summed E-state index contributed by atoms with van der Waals surface area (Å²) in [5.41, 5.74) is -0.288. The molecule has 3 aromatic rings. The van der Waals surface area contributed by atoms with E-state index in [0.29, 0.717) is 4.34 Å². The summed E-state index contributed by atoms with van der Waals surface area (Å²) in [5.74, 6) is -1.64. The van der Waals surface area contributed by atoms with Crippen LogP contribution in [0.3, 0.4) is 0 Å². The fourth-order valence-electron chi connectivity index (χ4n) is 2.16. The molecule has 13 heteroatoms. The number of hydrogen-bond acceptors (Lipinski definition) is 8. The predicted molar refractivity (Wildman–Crippen MR) is 112 cm³/mol. The van der Waals surface area contributed by atoms with Crippen LogP contribution < -0.4 is 10.6 Å². The van der Waals surface area contributed by atoms with Gasteiger partial charge in [-0.05, 0) is 24.3 Å². The SMILES string of the molecule is O=C(CSc1nnc(NC(=O)c2ccc(Cl)c([N+](=O)[O-])c2)s1)Nc1ccccc1F. The monoisotopic (exact) mass is 467 g/mol. The van der Waals surface area contributed by atoms with E-state index < -0.39 is 28.2 Å². The second kappa shape index (κ2) is 9.61. The number of carbonyl (C=O) groups excluding carboxylic acids is 2. The average molecular weight is 468 g/mol. The molecule has 0 spiro atoms. The maximum atomic E-state index is 13.5. The Morgan fingerprint density at radius 3 is 2.70 bits per heavy atom. The van der Waals surface area contributed by atoms with Crippen molar-refractivity contribution in [3.8, 4) is 0 Å². The Morgan fingerprint density at radius 1 is 1.20 bits per heavy atom. The quantitative estimate of drug-likeness (QED) is 0.230. The third-order valence-corrected chi connectivity index (χ3v) is 5.80. The number of aromatic nitrogens is 2. The summed E-state index contributed by atoms with van der Waals surface area (Å²) in [6.07, 6.45) is 0. The minimum atomic E-state index is -0.689. The minimum Gasteiger partial charge on any atom is -0.323 e. The lowest BCUT2D eigenvalue weighted by Gasteiger charge is -2.04. The first-order chi connectivity index (χ1) is 14.3. The van der Waals surface area contributed by atoms with Crippen molar-refractivity contribution < 1.29 is 18.9 Å². The van der Waals surface area contributed by atoms with Gasteiger partial charge in [0.25, 0.3) is 11.6 Å². The number of rotatable bonds is 7. The first kappa shape index (κ1) is 21.6. The van der Waals surface area contributed by atoms with Crippen LogP contribution in [0.1, 0.15) is 10.4 Å². The van der Waals surface area contributed by atoms with E-state index in [1.165, 1.54) is 30.3 Å². The summed E-state index contributed by atoms with van der Waals surface area (Å²) >= 11 is 7.80. The van der Waals surface area contributed by atoms with Gasteiger partial charge in [-0.3, -0.25) is 25.0 Å². The molecule has 0 radical (unpaired) electrons. The first-order valence-corrected chi connectivity index (χ1v) is 10.3. The van der Waals surface area contributed by atoms with Crippen molar-refractivity contribution in [1.82, 2.24) is 10.2 Å². The van der Waals surface area contributed by atoms with Crippen LogP contribution in [0, 0.1) is 15.9 Å². The van der Waals surface area contributed by atoms with E-state index in [1.807, 2.05) is 0 Å². The number of amides is 2. The van der Waals surface area contributed by atoms with Gasteiger partial charge in [-0.15, -0.1) is 10.2 Å². The van der Waals surface area contributed by atoms with Gasteiger partial charge in [0.05, 0.1) is 16.4 Å². The van der Waals surface area contributed by atoms with E-state index in [-0.39, 0.29) is 27.2 Å². The first-order valence-electron chi connectivity index (χ1n) is 8.09. The number of hydrogen-bond donors (Lipinski definition) is 2. The van der Waals surface area contributed by atoms with Crippen LogP contribution in [-0.4, -0.2) is 32.7 Å². The molecule has 0 fully saturated rings. The second-order valence-corrected chi connectivity index (χ2v) is 8.17. The normalized spacial score (nSPS) is 10.5. The van der Waals surface area contributed by atoms with Crippen molar-refractivity contribution >= 4 is 63.0 Å². The molecule has 1 heterocycles. The zero-order valence-electron chi connectivity index (χ0n) is 14.8. The van der Waals surface area contributed by atoms with E-state index in [1.54, 1.807) is 6.07 Å². The molecular formula is C17H11ClFN5O4S2. The molecule has 1 aromatic heterocycles. The largest absolute Gasteiger partial charge is 0.323 e. The summed E-state index contributed by atoms with van der Waals surface area (Å²) in [5, 5.41) is 23.6. The molecule has 0 atom stereocenters. The van der Waals surface area contributed by atoms with Gasteiger partial charge in [0, 0.05) is 11.6 Å². The molecule has 2 aromatic carbocycles. The number of anilines is 2. The van der Waals surface area contributed by atoms with E-state index in [4.69, 9.17) is 11.6 Å². The van der Waals surface area contributed by atoms with Crippen LogP contribution in [0.5, 0.6) is 0 Å². The highest BCUT2D eigenvalue weighted by Gasteiger charge is 2.18. The van der Waals surface area contributed by atoms with Gasteiger partial charge in [-0.25, -0.2) is 4.39 Å². The standard InChI is InChI=1S/C17H11ClFN5O4S2/c18-10-6-5-9(7-13(10)24(27)28)15(26)21-16-22-23-17(30-16)29-8-14(25)20-12-4-2-1-3-11(12)19/h1-7H,8H2,(H,20,25)(H,21,22,26). The Bertz CT molecular complexity index is 1130. The molecular weight excluding hydrogens is 457 g/mol. The van der Waals surface area contributed by atoms with Gasteiger partial charge in [0.2, 0.25) is 11.0 Å².